The molecule has 1 aromatic carbocycles. The summed E-state index contributed by atoms with van der Waals surface area (Å²) in [6.45, 7) is 0. The first-order chi connectivity index (χ1) is 8.79. The van der Waals surface area contributed by atoms with Gasteiger partial charge in [0.1, 0.15) is 6.10 Å². The minimum atomic E-state index is -4.48. The molecule has 0 saturated heterocycles. The van der Waals surface area contributed by atoms with Gasteiger partial charge in [0.2, 0.25) is 0 Å². The Morgan fingerprint density at radius 1 is 1.21 bits per heavy atom. The average Bonchev–Trinajstić information content (AvgIpc) is 2.74. The summed E-state index contributed by atoms with van der Waals surface area (Å²) >= 11 is 6.82. The van der Waals surface area contributed by atoms with Crippen molar-refractivity contribution in [2.45, 2.75) is 12.3 Å². The third kappa shape index (κ3) is 3.02. The normalized spacial score (nSPS) is 13.5. The summed E-state index contributed by atoms with van der Waals surface area (Å²) in [4.78, 5) is 0.441. The lowest BCUT2D eigenvalue weighted by atomic mass is 10.0. The van der Waals surface area contributed by atoms with Gasteiger partial charge in [-0.25, -0.2) is 0 Å². The van der Waals surface area contributed by atoms with Gasteiger partial charge in [-0.3, -0.25) is 0 Å². The summed E-state index contributed by atoms with van der Waals surface area (Å²) in [6, 6.07) is 5.99. The lowest BCUT2D eigenvalue weighted by molar-refractivity contribution is -0.137. The van der Waals surface area contributed by atoms with Crippen molar-refractivity contribution >= 4 is 28.6 Å². The Bertz CT molecular complexity index is 597. The summed E-state index contributed by atoms with van der Waals surface area (Å²) in [5.74, 6) is 0. The number of hydrogen-bond donors (Lipinski definition) is 2. The molecule has 2 aromatic rings. The van der Waals surface area contributed by atoms with Crippen LogP contribution in [0.1, 0.15) is 22.1 Å². The average molecular weight is 308 g/mol. The van der Waals surface area contributed by atoms with Crippen molar-refractivity contribution in [1.82, 2.24) is 0 Å². The molecule has 19 heavy (non-hydrogen) atoms. The van der Waals surface area contributed by atoms with Crippen molar-refractivity contribution in [3.8, 4) is 0 Å². The van der Waals surface area contributed by atoms with E-state index in [-0.39, 0.29) is 11.3 Å². The molecule has 0 fully saturated rings. The van der Waals surface area contributed by atoms with Crippen LogP contribution in [0.2, 0.25) is 4.34 Å². The Hall–Kier alpha value is -1.24. The highest BCUT2D eigenvalue weighted by atomic mass is 35.5. The van der Waals surface area contributed by atoms with Crippen LogP contribution in [-0.2, 0) is 6.18 Å². The molecule has 2 rings (SSSR count). The van der Waals surface area contributed by atoms with Gasteiger partial charge in [-0.1, -0.05) is 11.6 Å². The van der Waals surface area contributed by atoms with Crippen LogP contribution >= 0.6 is 22.9 Å². The molecule has 0 amide bonds. The number of aliphatic hydroxyl groups is 1. The third-order valence-corrected chi connectivity index (χ3v) is 3.86. The standard InChI is InChI=1S/C12H9ClF3NOS/c13-10-4-3-9(19-10)11(18)7-5-6(12(14,15)16)1-2-8(7)17/h1-5,11,18H,17H2. The first-order valence-corrected chi connectivity index (χ1v) is 6.38. The van der Waals surface area contributed by atoms with Gasteiger partial charge in [-0.2, -0.15) is 13.2 Å². The quantitative estimate of drug-likeness (QED) is 0.821. The van der Waals surface area contributed by atoms with E-state index >= 15 is 0 Å². The zero-order valence-corrected chi connectivity index (χ0v) is 11.0. The molecule has 1 aromatic heterocycles. The van der Waals surface area contributed by atoms with Gasteiger partial charge in [-0.15, -0.1) is 11.3 Å². The van der Waals surface area contributed by atoms with Crippen LogP contribution in [-0.4, -0.2) is 5.11 Å². The van der Waals surface area contributed by atoms with Gasteiger partial charge < -0.3 is 10.8 Å². The van der Waals surface area contributed by atoms with E-state index in [1.165, 1.54) is 0 Å². The second-order valence-corrected chi connectivity index (χ2v) is 5.63. The number of halogens is 4. The predicted molar refractivity (Wildman–Crippen MR) is 69.2 cm³/mol. The van der Waals surface area contributed by atoms with E-state index in [2.05, 4.69) is 0 Å². The molecular formula is C12H9ClF3NOS. The maximum atomic E-state index is 12.6. The monoisotopic (exact) mass is 307 g/mol. The Morgan fingerprint density at radius 2 is 1.89 bits per heavy atom. The van der Waals surface area contributed by atoms with Crippen LogP contribution in [0.15, 0.2) is 30.3 Å². The maximum absolute atomic E-state index is 12.6. The molecule has 0 radical (unpaired) electrons. The van der Waals surface area contributed by atoms with E-state index in [1.54, 1.807) is 12.1 Å². The van der Waals surface area contributed by atoms with Crippen molar-refractivity contribution in [2.24, 2.45) is 0 Å². The summed E-state index contributed by atoms with van der Waals surface area (Å²) in [6.07, 6.45) is -5.70. The molecule has 1 unspecified atom stereocenters. The Balaban J connectivity index is 2.44. The van der Waals surface area contributed by atoms with E-state index in [0.29, 0.717) is 9.21 Å². The second kappa shape index (κ2) is 5.03. The molecule has 0 aliphatic carbocycles. The SMILES string of the molecule is Nc1ccc(C(F)(F)F)cc1C(O)c1ccc(Cl)s1. The number of benzene rings is 1. The second-order valence-electron chi connectivity index (χ2n) is 3.89. The zero-order valence-electron chi connectivity index (χ0n) is 9.41. The number of alkyl halides is 3. The minimum absolute atomic E-state index is 0.0216. The summed E-state index contributed by atoms with van der Waals surface area (Å²) in [7, 11) is 0. The number of rotatable bonds is 2. The highest BCUT2D eigenvalue weighted by molar-refractivity contribution is 7.16. The molecule has 0 aliphatic heterocycles. The van der Waals surface area contributed by atoms with Crippen LogP contribution in [0.4, 0.5) is 18.9 Å². The largest absolute Gasteiger partial charge is 0.416 e. The fraction of sp³-hybridized carbons (Fsp3) is 0.167. The van der Waals surface area contributed by atoms with Crippen molar-refractivity contribution in [3.05, 3.63) is 50.7 Å². The first-order valence-electron chi connectivity index (χ1n) is 5.19. The highest BCUT2D eigenvalue weighted by Gasteiger charge is 2.31. The lowest BCUT2D eigenvalue weighted by Crippen LogP contribution is -2.09. The van der Waals surface area contributed by atoms with Gasteiger partial charge >= 0.3 is 6.18 Å². The van der Waals surface area contributed by atoms with E-state index in [0.717, 1.165) is 29.5 Å². The fourth-order valence-electron chi connectivity index (χ4n) is 1.62. The molecule has 7 heteroatoms. The molecule has 2 nitrogen and oxygen atoms in total. The van der Waals surface area contributed by atoms with Gasteiger partial charge in [0.25, 0.3) is 0 Å². The number of aliphatic hydroxyl groups excluding tert-OH is 1. The van der Waals surface area contributed by atoms with E-state index < -0.39 is 17.8 Å². The molecule has 0 bridgehead atoms. The van der Waals surface area contributed by atoms with Crippen LogP contribution < -0.4 is 5.73 Å². The lowest BCUT2D eigenvalue weighted by Gasteiger charge is -2.15. The first kappa shape index (κ1) is 14.2. The fourth-order valence-corrected chi connectivity index (χ4v) is 2.68. The number of nitrogen functional groups attached to an aromatic ring is 1. The van der Waals surface area contributed by atoms with Gasteiger partial charge in [-0.05, 0) is 30.3 Å². The summed E-state index contributed by atoms with van der Waals surface area (Å²) in [5, 5.41) is 10.1. The molecule has 102 valence electrons. The van der Waals surface area contributed by atoms with E-state index in [1.807, 2.05) is 0 Å². The summed E-state index contributed by atoms with van der Waals surface area (Å²) in [5.41, 5.74) is 4.90. The number of anilines is 1. The molecule has 0 spiro atoms. The van der Waals surface area contributed by atoms with Crippen molar-refractivity contribution in [3.63, 3.8) is 0 Å². The zero-order chi connectivity index (χ0) is 14.2. The Labute approximate surface area is 116 Å². The van der Waals surface area contributed by atoms with E-state index in [4.69, 9.17) is 17.3 Å². The van der Waals surface area contributed by atoms with Crippen LogP contribution in [0, 0.1) is 0 Å². The molecular weight excluding hydrogens is 299 g/mol. The van der Waals surface area contributed by atoms with Crippen molar-refractivity contribution in [2.75, 3.05) is 5.73 Å². The number of nitrogens with two attached hydrogens (primary N) is 1. The van der Waals surface area contributed by atoms with Crippen LogP contribution in [0.3, 0.4) is 0 Å². The van der Waals surface area contributed by atoms with Crippen molar-refractivity contribution < 1.29 is 18.3 Å². The molecule has 1 heterocycles. The maximum Gasteiger partial charge on any atom is 0.416 e. The Morgan fingerprint density at radius 3 is 2.42 bits per heavy atom. The highest BCUT2D eigenvalue weighted by Crippen LogP contribution is 2.37. The summed E-state index contributed by atoms with van der Waals surface area (Å²) < 4.78 is 38.3. The number of hydrogen-bond acceptors (Lipinski definition) is 3. The molecule has 3 N–H and O–H groups in total. The van der Waals surface area contributed by atoms with Crippen LogP contribution in [0.25, 0.3) is 0 Å². The van der Waals surface area contributed by atoms with Crippen molar-refractivity contribution in [1.29, 1.82) is 0 Å². The van der Waals surface area contributed by atoms with Gasteiger partial charge in [0, 0.05) is 16.1 Å². The predicted octanol–water partition coefficient (Wildman–Crippen LogP) is 4.08. The number of thiophene rings is 1. The third-order valence-electron chi connectivity index (χ3n) is 2.57. The van der Waals surface area contributed by atoms with Gasteiger partial charge in [0.05, 0.1) is 9.90 Å². The molecule has 0 saturated carbocycles. The molecule has 0 aliphatic rings. The van der Waals surface area contributed by atoms with E-state index in [9.17, 15) is 18.3 Å². The van der Waals surface area contributed by atoms with Gasteiger partial charge in [0.15, 0.2) is 0 Å². The smallest absolute Gasteiger partial charge is 0.398 e. The minimum Gasteiger partial charge on any atom is -0.398 e. The van der Waals surface area contributed by atoms with Crippen LogP contribution in [0.5, 0.6) is 0 Å². The Kier molecular flexibility index (Phi) is 3.75. The topological polar surface area (TPSA) is 46.2 Å². The molecule has 1 atom stereocenters.